The molecule has 0 bridgehead atoms. The molecule has 0 aliphatic rings. The van der Waals surface area contributed by atoms with Crippen LogP contribution in [0.2, 0.25) is 5.02 Å². The molecule has 6 heteroatoms. The Morgan fingerprint density at radius 2 is 2.31 bits per heavy atom. The molecule has 0 aliphatic heterocycles. The molecule has 0 amide bonds. The van der Waals surface area contributed by atoms with Crippen molar-refractivity contribution in [2.75, 3.05) is 7.05 Å². The van der Waals surface area contributed by atoms with Gasteiger partial charge in [0, 0.05) is 4.88 Å². The van der Waals surface area contributed by atoms with Gasteiger partial charge in [-0.15, -0.1) is 16.4 Å². The minimum Gasteiger partial charge on any atom is -0.308 e. The molecule has 1 atom stereocenters. The van der Waals surface area contributed by atoms with Crippen LogP contribution in [0.15, 0.2) is 11.4 Å². The molecule has 2 rings (SSSR count). The van der Waals surface area contributed by atoms with E-state index >= 15 is 0 Å². The van der Waals surface area contributed by atoms with Gasteiger partial charge in [-0.3, -0.25) is 0 Å². The third-order valence-electron chi connectivity index (χ3n) is 2.38. The lowest BCUT2D eigenvalue weighted by Gasteiger charge is -2.13. The summed E-state index contributed by atoms with van der Waals surface area (Å²) in [6.45, 7) is 2.09. The molecule has 0 spiro atoms. The molecule has 0 saturated carbocycles. The lowest BCUT2D eigenvalue weighted by Crippen LogP contribution is -2.17. The number of halogens is 1. The average molecular weight is 274 g/mol. The summed E-state index contributed by atoms with van der Waals surface area (Å²) in [6.07, 6.45) is 0.896. The highest BCUT2D eigenvalue weighted by Gasteiger charge is 2.21. The molecule has 0 saturated heterocycles. The number of nitrogens with zero attached hydrogens (tertiary/aromatic N) is 2. The molecule has 1 N–H and O–H groups in total. The molecule has 0 aliphatic carbocycles. The quantitative estimate of drug-likeness (QED) is 0.930. The molecule has 1 unspecified atom stereocenters. The SMILES string of the molecule is CCc1nnsc1C(NC)c1sccc1Cl. The van der Waals surface area contributed by atoms with Crippen molar-refractivity contribution >= 4 is 34.5 Å². The lowest BCUT2D eigenvalue weighted by atomic mass is 10.1. The monoisotopic (exact) mass is 273 g/mol. The van der Waals surface area contributed by atoms with Gasteiger partial charge in [-0.2, -0.15) is 0 Å². The van der Waals surface area contributed by atoms with E-state index in [1.54, 1.807) is 11.3 Å². The first-order valence-electron chi connectivity index (χ1n) is 4.99. The molecular formula is C10H12ClN3S2. The number of rotatable bonds is 4. The van der Waals surface area contributed by atoms with Gasteiger partial charge in [0.25, 0.3) is 0 Å². The highest BCUT2D eigenvalue weighted by Crippen LogP contribution is 2.35. The zero-order valence-corrected chi connectivity index (χ0v) is 11.4. The van der Waals surface area contributed by atoms with E-state index in [0.717, 1.165) is 26.9 Å². The number of hydrogen-bond acceptors (Lipinski definition) is 5. The Labute approximate surface area is 108 Å². The summed E-state index contributed by atoms with van der Waals surface area (Å²) in [4.78, 5) is 2.29. The zero-order chi connectivity index (χ0) is 11.5. The van der Waals surface area contributed by atoms with Crippen LogP contribution in [0.5, 0.6) is 0 Å². The van der Waals surface area contributed by atoms with Gasteiger partial charge in [0.15, 0.2) is 0 Å². The molecule has 86 valence electrons. The van der Waals surface area contributed by atoms with E-state index in [0.29, 0.717) is 0 Å². The van der Waals surface area contributed by atoms with E-state index in [1.807, 2.05) is 18.5 Å². The minimum absolute atomic E-state index is 0.113. The zero-order valence-electron chi connectivity index (χ0n) is 9.03. The van der Waals surface area contributed by atoms with Gasteiger partial charge >= 0.3 is 0 Å². The molecule has 0 radical (unpaired) electrons. The molecule has 16 heavy (non-hydrogen) atoms. The van der Waals surface area contributed by atoms with Crippen molar-refractivity contribution in [1.29, 1.82) is 0 Å². The highest BCUT2D eigenvalue weighted by atomic mass is 35.5. The summed E-state index contributed by atoms with van der Waals surface area (Å²) in [7, 11) is 1.93. The second kappa shape index (κ2) is 5.23. The first kappa shape index (κ1) is 12.0. The summed E-state index contributed by atoms with van der Waals surface area (Å²) in [6, 6.07) is 2.04. The van der Waals surface area contributed by atoms with Crippen LogP contribution in [0.3, 0.4) is 0 Å². The van der Waals surface area contributed by atoms with Crippen molar-refractivity contribution in [3.63, 3.8) is 0 Å². The van der Waals surface area contributed by atoms with Gasteiger partial charge in [-0.25, -0.2) is 0 Å². The molecular weight excluding hydrogens is 262 g/mol. The maximum atomic E-state index is 6.16. The predicted molar refractivity (Wildman–Crippen MR) is 69.5 cm³/mol. The largest absolute Gasteiger partial charge is 0.308 e. The fourth-order valence-electron chi connectivity index (χ4n) is 1.57. The normalized spacial score (nSPS) is 12.9. The fraction of sp³-hybridized carbons (Fsp3) is 0.400. The number of aryl methyl sites for hydroxylation is 1. The van der Waals surface area contributed by atoms with E-state index in [9.17, 15) is 0 Å². The van der Waals surface area contributed by atoms with E-state index in [1.165, 1.54) is 11.5 Å². The first-order valence-corrected chi connectivity index (χ1v) is 7.02. The van der Waals surface area contributed by atoms with Crippen molar-refractivity contribution in [2.24, 2.45) is 0 Å². The summed E-state index contributed by atoms with van der Waals surface area (Å²) in [5.74, 6) is 0. The Hall–Kier alpha value is -0.490. The van der Waals surface area contributed by atoms with Gasteiger partial charge < -0.3 is 5.32 Å². The van der Waals surface area contributed by atoms with Crippen LogP contribution in [-0.4, -0.2) is 16.6 Å². The van der Waals surface area contributed by atoms with Crippen molar-refractivity contribution in [1.82, 2.24) is 14.9 Å². The summed E-state index contributed by atoms with van der Waals surface area (Å²) >= 11 is 9.25. The van der Waals surface area contributed by atoms with Gasteiger partial charge in [-0.05, 0) is 36.4 Å². The first-order chi connectivity index (χ1) is 7.77. The fourth-order valence-corrected chi connectivity index (χ4v) is 3.79. The third kappa shape index (κ3) is 2.13. The second-order valence-corrected chi connectivity index (χ2v) is 5.43. The molecule has 2 aromatic rings. The standard InChI is InChI=1S/C10H12ClN3S2/c1-3-7-10(16-14-13-7)8(12-2)9-6(11)4-5-15-9/h4-5,8,12H,3H2,1-2H3. The summed E-state index contributed by atoms with van der Waals surface area (Å²) in [5.41, 5.74) is 1.05. The van der Waals surface area contributed by atoms with Crippen molar-refractivity contribution in [3.8, 4) is 0 Å². The number of nitrogens with one attached hydrogen (secondary N) is 1. The summed E-state index contributed by atoms with van der Waals surface area (Å²) in [5, 5.41) is 10.2. The highest BCUT2D eigenvalue weighted by molar-refractivity contribution is 7.11. The van der Waals surface area contributed by atoms with E-state index in [-0.39, 0.29) is 6.04 Å². The average Bonchev–Trinajstić information content (AvgIpc) is 2.90. The maximum Gasteiger partial charge on any atom is 0.0812 e. The molecule has 2 aromatic heterocycles. The minimum atomic E-state index is 0.113. The Morgan fingerprint density at radius 3 is 2.88 bits per heavy atom. The van der Waals surface area contributed by atoms with Crippen LogP contribution < -0.4 is 5.32 Å². The predicted octanol–water partition coefficient (Wildman–Crippen LogP) is 3.12. The Morgan fingerprint density at radius 1 is 1.50 bits per heavy atom. The van der Waals surface area contributed by atoms with Crippen LogP contribution >= 0.6 is 34.5 Å². The van der Waals surface area contributed by atoms with Crippen LogP contribution in [0.25, 0.3) is 0 Å². The van der Waals surface area contributed by atoms with Crippen LogP contribution in [0.4, 0.5) is 0 Å². The van der Waals surface area contributed by atoms with Crippen LogP contribution in [-0.2, 0) is 6.42 Å². The molecule has 0 aromatic carbocycles. The Bertz CT molecular complexity index is 466. The van der Waals surface area contributed by atoms with Crippen molar-refractivity contribution < 1.29 is 0 Å². The smallest absolute Gasteiger partial charge is 0.0812 e. The Balaban J connectivity index is 2.40. The van der Waals surface area contributed by atoms with Gasteiger partial charge in [0.1, 0.15) is 0 Å². The van der Waals surface area contributed by atoms with E-state index in [2.05, 4.69) is 21.8 Å². The van der Waals surface area contributed by atoms with Crippen molar-refractivity contribution in [2.45, 2.75) is 19.4 Å². The topological polar surface area (TPSA) is 37.8 Å². The Kier molecular flexibility index (Phi) is 3.91. The van der Waals surface area contributed by atoms with Gasteiger partial charge in [0.05, 0.1) is 21.6 Å². The second-order valence-electron chi connectivity index (χ2n) is 3.29. The van der Waals surface area contributed by atoms with E-state index in [4.69, 9.17) is 11.6 Å². The third-order valence-corrected chi connectivity index (χ3v) is 4.63. The van der Waals surface area contributed by atoms with Crippen LogP contribution in [0.1, 0.15) is 28.4 Å². The van der Waals surface area contributed by atoms with Gasteiger partial charge in [0.2, 0.25) is 0 Å². The van der Waals surface area contributed by atoms with Crippen LogP contribution in [0, 0.1) is 0 Å². The molecule has 3 nitrogen and oxygen atoms in total. The van der Waals surface area contributed by atoms with Gasteiger partial charge in [-0.1, -0.05) is 23.0 Å². The molecule has 2 heterocycles. The number of aromatic nitrogens is 2. The van der Waals surface area contributed by atoms with E-state index < -0.39 is 0 Å². The number of thiophene rings is 1. The summed E-state index contributed by atoms with van der Waals surface area (Å²) < 4.78 is 4.01. The lowest BCUT2D eigenvalue weighted by molar-refractivity contribution is 0.705. The molecule has 0 fully saturated rings. The maximum absolute atomic E-state index is 6.16. The van der Waals surface area contributed by atoms with Crippen molar-refractivity contribution in [3.05, 3.63) is 31.9 Å². The number of hydrogen-bond donors (Lipinski definition) is 1.